The van der Waals surface area contributed by atoms with Crippen LogP contribution in [0.25, 0.3) is 6.08 Å². The monoisotopic (exact) mass is 380 g/mol. The van der Waals surface area contributed by atoms with Crippen LogP contribution in [0.2, 0.25) is 0 Å². The summed E-state index contributed by atoms with van der Waals surface area (Å²) in [7, 11) is 0. The summed E-state index contributed by atoms with van der Waals surface area (Å²) in [6.45, 7) is 0. The maximum Gasteiger partial charge on any atom is 0.331 e. The van der Waals surface area contributed by atoms with Gasteiger partial charge in [0.25, 0.3) is 0 Å². The van der Waals surface area contributed by atoms with Gasteiger partial charge in [0.05, 0.1) is 6.42 Å². The zero-order valence-corrected chi connectivity index (χ0v) is 15.0. The van der Waals surface area contributed by atoms with Crippen molar-refractivity contribution in [3.8, 4) is 0 Å². The number of benzene rings is 2. The van der Waals surface area contributed by atoms with E-state index in [0.717, 1.165) is 5.56 Å². The molecule has 144 valence electrons. The van der Waals surface area contributed by atoms with Gasteiger partial charge in [-0.2, -0.15) is 0 Å². The summed E-state index contributed by atoms with van der Waals surface area (Å²) >= 11 is 0. The topological polar surface area (TPSA) is 82.1 Å². The van der Waals surface area contributed by atoms with Crippen molar-refractivity contribution < 1.29 is 28.9 Å². The normalized spacial score (nSPS) is 27.4. The average molecular weight is 380 g/mol. The number of fused-ring (bicyclic) bond motifs is 1. The fraction of sp³-hybridized carbons (Fsp3) is 0.273. The Morgan fingerprint density at radius 2 is 1.79 bits per heavy atom. The lowest BCUT2D eigenvalue weighted by Gasteiger charge is -2.25. The van der Waals surface area contributed by atoms with E-state index in [9.17, 15) is 14.7 Å². The lowest BCUT2D eigenvalue weighted by atomic mass is 9.98. The van der Waals surface area contributed by atoms with Crippen LogP contribution in [0.1, 0.15) is 23.7 Å². The van der Waals surface area contributed by atoms with Gasteiger partial charge in [-0.3, -0.25) is 4.79 Å². The maximum absolute atomic E-state index is 12.4. The van der Waals surface area contributed by atoms with Crippen LogP contribution >= 0.6 is 0 Å². The molecule has 0 bridgehead atoms. The summed E-state index contributed by atoms with van der Waals surface area (Å²) in [4.78, 5) is 24.0. The Kier molecular flexibility index (Phi) is 5.23. The summed E-state index contributed by atoms with van der Waals surface area (Å²) in [5, 5.41) is 10.8. The molecule has 2 fully saturated rings. The van der Waals surface area contributed by atoms with Crippen molar-refractivity contribution in [2.75, 3.05) is 0 Å². The molecule has 0 aromatic heterocycles. The number of aliphatic hydroxyl groups is 1. The van der Waals surface area contributed by atoms with Crippen molar-refractivity contribution in [1.29, 1.82) is 0 Å². The van der Waals surface area contributed by atoms with E-state index in [1.54, 1.807) is 30.3 Å². The molecule has 2 aromatic carbocycles. The van der Waals surface area contributed by atoms with Crippen molar-refractivity contribution >= 4 is 18.0 Å². The first-order valence-corrected chi connectivity index (χ1v) is 9.13. The summed E-state index contributed by atoms with van der Waals surface area (Å²) in [5.74, 6) is -0.991. The highest BCUT2D eigenvalue weighted by Crippen LogP contribution is 2.38. The number of hydrogen-bond acceptors (Lipinski definition) is 6. The first-order valence-electron chi connectivity index (χ1n) is 9.13. The van der Waals surface area contributed by atoms with E-state index in [4.69, 9.17) is 14.2 Å². The molecule has 2 aliphatic rings. The van der Waals surface area contributed by atoms with Gasteiger partial charge in [0, 0.05) is 6.08 Å². The molecular formula is C22H20O6. The second-order valence-corrected chi connectivity index (χ2v) is 6.80. The van der Waals surface area contributed by atoms with Crippen LogP contribution in [0.5, 0.6) is 0 Å². The highest BCUT2D eigenvalue weighted by molar-refractivity contribution is 5.87. The Morgan fingerprint density at radius 3 is 2.50 bits per heavy atom. The van der Waals surface area contributed by atoms with Crippen LogP contribution in [0.4, 0.5) is 0 Å². The van der Waals surface area contributed by atoms with E-state index in [1.807, 2.05) is 36.4 Å². The second-order valence-electron chi connectivity index (χ2n) is 6.80. The quantitative estimate of drug-likeness (QED) is 0.634. The molecule has 0 unspecified atom stereocenters. The molecule has 2 saturated heterocycles. The third-order valence-electron chi connectivity index (χ3n) is 4.90. The number of carbonyl (C=O) groups is 2. The molecule has 0 aliphatic carbocycles. The predicted octanol–water partition coefficient (Wildman–Crippen LogP) is 2.43. The second kappa shape index (κ2) is 7.96. The lowest BCUT2D eigenvalue weighted by Crippen LogP contribution is -2.39. The summed E-state index contributed by atoms with van der Waals surface area (Å²) < 4.78 is 16.7. The Balaban J connectivity index is 1.51. The van der Waals surface area contributed by atoms with E-state index in [0.29, 0.717) is 5.56 Å². The van der Waals surface area contributed by atoms with E-state index in [2.05, 4.69) is 0 Å². The zero-order valence-electron chi connectivity index (χ0n) is 15.0. The fourth-order valence-corrected chi connectivity index (χ4v) is 3.56. The molecule has 0 radical (unpaired) electrons. The number of ether oxygens (including phenoxy) is 3. The van der Waals surface area contributed by atoms with Crippen LogP contribution in [-0.4, -0.2) is 41.5 Å². The molecule has 28 heavy (non-hydrogen) atoms. The zero-order chi connectivity index (χ0) is 19.5. The summed E-state index contributed by atoms with van der Waals surface area (Å²) in [6, 6.07) is 18.3. The molecule has 6 nitrogen and oxygen atoms in total. The third kappa shape index (κ3) is 3.83. The minimum absolute atomic E-state index is 0.0799. The molecule has 5 atom stereocenters. The predicted molar refractivity (Wildman–Crippen MR) is 99.9 cm³/mol. The molecule has 2 aromatic rings. The Hall–Kier alpha value is -2.96. The van der Waals surface area contributed by atoms with Gasteiger partial charge in [-0.05, 0) is 17.2 Å². The Bertz CT molecular complexity index is 863. The van der Waals surface area contributed by atoms with Crippen molar-refractivity contribution in [3.63, 3.8) is 0 Å². The van der Waals surface area contributed by atoms with Crippen molar-refractivity contribution in [3.05, 3.63) is 77.9 Å². The first kappa shape index (κ1) is 18.4. The van der Waals surface area contributed by atoms with Crippen LogP contribution in [0, 0.1) is 0 Å². The molecule has 1 N–H and O–H groups in total. The molecule has 2 heterocycles. The van der Waals surface area contributed by atoms with Crippen molar-refractivity contribution in [2.24, 2.45) is 0 Å². The standard InChI is InChI=1S/C22H20O6/c23-17(12-11-14-7-3-1-4-8-14)27-22-20-16(13-18(24)28-20)26-21(22)19(25)15-9-5-2-6-10-15/h1-12,16,19-22,25H,13H2/b12-11+/t16-,19-,20+,21-,22-/m1/s1. The van der Waals surface area contributed by atoms with E-state index < -0.39 is 42.5 Å². The van der Waals surface area contributed by atoms with Gasteiger partial charge < -0.3 is 19.3 Å². The van der Waals surface area contributed by atoms with Crippen molar-refractivity contribution in [2.45, 2.75) is 36.9 Å². The number of carbonyl (C=O) groups excluding carboxylic acids is 2. The first-order chi connectivity index (χ1) is 13.6. The lowest BCUT2D eigenvalue weighted by molar-refractivity contribution is -0.162. The number of rotatable bonds is 5. The summed E-state index contributed by atoms with van der Waals surface area (Å²) in [5.41, 5.74) is 1.49. The molecule has 0 saturated carbocycles. The smallest absolute Gasteiger partial charge is 0.331 e. The van der Waals surface area contributed by atoms with Gasteiger partial charge >= 0.3 is 11.9 Å². The maximum atomic E-state index is 12.4. The molecule has 2 aliphatic heterocycles. The van der Waals surface area contributed by atoms with Crippen molar-refractivity contribution in [1.82, 2.24) is 0 Å². The van der Waals surface area contributed by atoms with Crippen LogP contribution < -0.4 is 0 Å². The van der Waals surface area contributed by atoms with Gasteiger partial charge in [0.2, 0.25) is 0 Å². The fourth-order valence-electron chi connectivity index (χ4n) is 3.56. The number of hydrogen-bond donors (Lipinski definition) is 1. The molecule has 0 amide bonds. The molecule has 4 rings (SSSR count). The highest BCUT2D eigenvalue weighted by Gasteiger charge is 2.55. The number of esters is 2. The van der Waals surface area contributed by atoms with Gasteiger partial charge in [0.1, 0.15) is 18.3 Å². The summed E-state index contributed by atoms with van der Waals surface area (Å²) in [6.07, 6.45) is -0.946. The van der Waals surface area contributed by atoms with Crippen LogP contribution in [0.3, 0.4) is 0 Å². The van der Waals surface area contributed by atoms with E-state index in [1.165, 1.54) is 6.08 Å². The SMILES string of the molecule is O=C(/C=C/c1ccccc1)O[C@@H]1[C@H]2OC(=O)C[C@H]2O[C@@H]1[C@H](O)c1ccccc1. The third-order valence-corrected chi connectivity index (χ3v) is 4.90. The largest absolute Gasteiger partial charge is 0.455 e. The highest BCUT2D eigenvalue weighted by atomic mass is 16.7. The van der Waals surface area contributed by atoms with Gasteiger partial charge in [-0.1, -0.05) is 60.7 Å². The van der Waals surface area contributed by atoms with Crippen LogP contribution in [0.15, 0.2) is 66.7 Å². The molecule has 0 spiro atoms. The Labute approximate surface area is 162 Å². The van der Waals surface area contributed by atoms with E-state index in [-0.39, 0.29) is 6.42 Å². The van der Waals surface area contributed by atoms with Gasteiger partial charge in [-0.25, -0.2) is 4.79 Å². The molecular weight excluding hydrogens is 360 g/mol. The Morgan fingerprint density at radius 1 is 1.11 bits per heavy atom. The number of aliphatic hydroxyl groups excluding tert-OH is 1. The van der Waals surface area contributed by atoms with Crippen LogP contribution in [-0.2, 0) is 23.8 Å². The molecule has 6 heteroatoms. The van der Waals surface area contributed by atoms with E-state index >= 15 is 0 Å². The minimum atomic E-state index is -1.01. The minimum Gasteiger partial charge on any atom is -0.455 e. The van der Waals surface area contributed by atoms with Gasteiger partial charge in [0.15, 0.2) is 12.2 Å². The average Bonchev–Trinajstić information content (AvgIpc) is 3.24. The van der Waals surface area contributed by atoms with Gasteiger partial charge in [-0.15, -0.1) is 0 Å².